The maximum absolute atomic E-state index is 5.82. The molecule has 6 nitrogen and oxygen atoms in total. The van der Waals surface area contributed by atoms with Gasteiger partial charge in [-0.2, -0.15) is 5.10 Å². The van der Waals surface area contributed by atoms with Crippen molar-refractivity contribution in [3.05, 3.63) is 22.6 Å². The number of aryl methyl sites for hydroxylation is 2. The van der Waals surface area contributed by atoms with Gasteiger partial charge in [-0.3, -0.25) is 0 Å². The molecule has 0 bridgehead atoms. The van der Waals surface area contributed by atoms with Crippen molar-refractivity contribution in [2.45, 2.75) is 13.8 Å². The fourth-order valence-electron chi connectivity index (χ4n) is 1.43. The molecule has 0 amide bonds. The van der Waals surface area contributed by atoms with Crippen molar-refractivity contribution in [3.63, 3.8) is 0 Å². The summed E-state index contributed by atoms with van der Waals surface area (Å²) in [5.41, 5.74) is 13.8. The summed E-state index contributed by atoms with van der Waals surface area (Å²) in [6.07, 6.45) is 0. The van der Waals surface area contributed by atoms with E-state index in [0.29, 0.717) is 5.82 Å². The highest BCUT2D eigenvalue weighted by Crippen LogP contribution is 2.26. The predicted octanol–water partition coefficient (Wildman–Crippen LogP) is 1.10. The fraction of sp³-hybridized carbons (Fsp3) is 0.222. The van der Waals surface area contributed by atoms with Crippen LogP contribution in [0.5, 0.6) is 0 Å². The Balaban J connectivity index is 2.65. The first-order valence-electron chi connectivity index (χ1n) is 4.61. The Hall–Kier alpha value is -1.82. The number of aromatic nitrogens is 4. The van der Waals surface area contributed by atoms with Gasteiger partial charge in [0.1, 0.15) is 5.69 Å². The normalized spacial score (nSPS) is 10.7. The second kappa shape index (κ2) is 3.64. The minimum absolute atomic E-state index is 0.0998. The number of nitrogens with zero attached hydrogens (tertiary/aromatic N) is 4. The molecule has 84 valence electrons. The maximum Gasteiger partial charge on any atom is 0.201 e. The standard InChI is InChI=1S/C9H11ClN6/c1-4-3-5(2)16(15-4)9-7(12)6(11)8(10)13-14-9/h3H,1-2H3,(H2,11,14)(H2,12,13). The van der Waals surface area contributed by atoms with Crippen molar-refractivity contribution in [1.29, 1.82) is 0 Å². The molecule has 7 heteroatoms. The highest BCUT2D eigenvalue weighted by molar-refractivity contribution is 6.32. The Morgan fingerprint density at radius 3 is 2.44 bits per heavy atom. The van der Waals surface area contributed by atoms with Crippen LogP contribution in [0.3, 0.4) is 0 Å². The molecule has 4 N–H and O–H groups in total. The zero-order valence-corrected chi connectivity index (χ0v) is 9.65. The van der Waals surface area contributed by atoms with E-state index in [2.05, 4.69) is 15.3 Å². The van der Waals surface area contributed by atoms with Crippen LogP contribution in [0.4, 0.5) is 11.4 Å². The molecule has 0 aromatic carbocycles. The van der Waals surface area contributed by atoms with E-state index in [0.717, 1.165) is 11.4 Å². The lowest BCUT2D eigenvalue weighted by atomic mass is 10.3. The van der Waals surface area contributed by atoms with Gasteiger partial charge >= 0.3 is 0 Å². The lowest BCUT2D eigenvalue weighted by molar-refractivity contribution is 0.785. The zero-order chi connectivity index (χ0) is 11.9. The van der Waals surface area contributed by atoms with Gasteiger partial charge in [0.25, 0.3) is 0 Å². The highest BCUT2D eigenvalue weighted by atomic mass is 35.5. The van der Waals surface area contributed by atoms with Crippen molar-refractivity contribution in [2.75, 3.05) is 11.5 Å². The van der Waals surface area contributed by atoms with Crippen molar-refractivity contribution in [2.24, 2.45) is 0 Å². The van der Waals surface area contributed by atoms with E-state index in [-0.39, 0.29) is 16.5 Å². The lowest BCUT2D eigenvalue weighted by Gasteiger charge is -2.08. The minimum atomic E-state index is 0.0998. The van der Waals surface area contributed by atoms with Gasteiger partial charge < -0.3 is 11.5 Å². The number of hydrogen-bond acceptors (Lipinski definition) is 5. The van der Waals surface area contributed by atoms with Crippen molar-refractivity contribution in [3.8, 4) is 5.82 Å². The first kappa shape index (κ1) is 10.7. The molecule has 2 rings (SSSR count). The van der Waals surface area contributed by atoms with Crippen LogP contribution in [-0.4, -0.2) is 20.0 Å². The van der Waals surface area contributed by atoms with Crippen molar-refractivity contribution < 1.29 is 0 Å². The molecule has 0 radical (unpaired) electrons. The molecule has 0 unspecified atom stereocenters. The minimum Gasteiger partial charge on any atom is -0.394 e. The highest BCUT2D eigenvalue weighted by Gasteiger charge is 2.14. The maximum atomic E-state index is 5.82. The Morgan fingerprint density at radius 2 is 1.88 bits per heavy atom. The molecule has 2 aromatic heterocycles. The number of rotatable bonds is 1. The molecule has 2 aromatic rings. The van der Waals surface area contributed by atoms with Crippen LogP contribution in [0.25, 0.3) is 5.82 Å². The third kappa shape index (κ3) is 1.57. The van der Waals surface area contributed by atoms with Crippen LogP contribution < -0.4 is 11.5 Å². The number of nitrogens with two attached hydrogens (primary N) is 2. The van der Waals surface area contributed by atoms with Gasteiger partial charge in [0, 0.05) is 5.69 Å². The van der Waals surface area contributed by atoms with Crippen molar-refractivity contribution in [1.82, 2.24) is 20.0 Å². The largest absolute Gasteiger partial charge is 0.394 e. The number of anilines is 2. The van der Waals surface area contributed by atoms with Crippen LogP contribution in [0.2, 0.25) is 5.15 Å². The second-order valence-corrected chi connectivity index (χ2v) is 3.84. The van der Waals surface area contributed by atoms with Gasteiger partial charge in [-0.1, -0.05) is 11.6 Å². The number of halogens is 1. The quantitative estimate of drug-likeness (QED) is 0.776. The number of hydrogen-bond donors (Lipinski definition) is 2. The van der Waals surface area contributed by atoms with Gasteiger partial charge in [-0.05, 0) is 19.9 Å². The summed E-state index contributed by atoms with van der Waals surface area (Å²) in [6, 6.07) is 1.91. The second-order valence-electron chi connectivity index (χ2n) is 3.48. The average molecular weight is 239 g/mol. The van der Waals surface area contributed by atoms with Crippen LogP contribution >= 0.6 is 11.6 Å². The molecule has 0 saturated carbocycles. The summed E-state index contributed by atoms with van der Waals surface area (Å²) in [7, 11) is 0. The molecular weight excluding hydrogens is 228 g/mol. The molecule has 0 saturated heterocycles. The van der Waals surface area contributed by atoms with E-state index >= 15 is 0 Å². The van der Waals surface area contributed by atoms with Crippen LogP contribution in [0.1, 0.15) is 11.4 Å². The summed E-state index contributed by atoms with van der Waals surface area (Å²) < 4.78 is 1.59. The average Bonchev–Trinajstić information content (AvgIpc) is 2.55. The van der Waals surface area contributed by atoms with Gasteiger partial charge in [-0.15, -0.1) is 10.2 Å². The van der Waals surface area contributed by atoms with Crippen LogP contribution in [0.15, 0.2) is 6.07 Å². The Kier molecular flexibility index (Phi) is 2.43. The summed E-state index contributed by atoms with van der Waals surface area (Å²) in [4.78, 5) is 0. The predicted molar refractivity (Wildman–Crippen MR) is 62.5 cm³/mol. The first-order chi connectivity index (χ1) is 7.50. The Morgan fingerprint density at radius 1 is 1.19 bits per heavy atom. The van der Waals surface area contributed by atoms with Crippen LogP contribution in [-0.2, 0) is 0 Å². The first-order valence-corrected chi connectivity index (χ1v) is 4.99. The molecule has 0 aliphatic rings. The van der Waals surface area contributed by atoms with E-state index in [9.17, 15) is 0 Å². The third-order valence-electron chi connectivity index (χ3n) is 2.20. The lowest BCUT2D eigenvalue weighted by Crippen LogP contribution is -2.10. The topological polar surface area (TPSA) is 95.6 Å². The van der Waals surface area contributed by atoms with Gasteiger partial charge in [0.15, 0.2) is 5.15 Å². The molecule has 0 aliphatic heterocycles. The third-order valence-corrected chi connectivity index (χ3v) is 2.48. The SMILES string of the molecule is Cc1cc(C)n(-c2nnc(Cl)c(N)c2N)n1. The summed E-state index contributed by atoms with van der Waals surface area (Å²) in [5, 5.41) is 12.0. The molecule has 0 spiro atoms. The summed E-state index contributed by atoms with van der Waals surface area (Å²) in [6.45, 7) is 3.78. The molecule has 0 aliphatic carbocycles. The van der Waals surface area contributed by atoms with E-state index in [4.69, 9.17) is 23.1 Å². The Labute approximate surface area is 97.2 Å². The van der Waals surface area contributed by atoms with E-state index in [1.165, 1.54) is 0 Å². The van der Waals surface area contributed by atoms with Crippen LogP contribution in [0, 0.1) is 13.8 Å². The van der Waals surface area contributed by atoms with E-state index < -0.39 is 0 Å². The van der Waals surface area contributed by atoms with Gasteiger partial charge in [0.05, 0.1) is 11.4 Å². The van der Waals surface area contributed by atoms with Gasteiger partial charge in [0.2, 0.25) is 5.82 Å². The summed E-state index contributed by atoms with van der Waals surface area (Å²) in [5.74, 6) is 0.396. The van der Waals surface area contributed by atoms with E-state index in [1.54, 1.807) is 4.68 Å². The molecule has 2 heterocycles. The van der Waals surface area contributed by atoms with E-state index in [1.807, 2.05) is 19.9 Å². The van der Waals surface area contributed by atoms with Gasteiger partial charge in [-0.25, -0.2) is 4.68 Å². The monoisotopic (exact) mass is 238 g/mol. The smallest absolute Gasteiger partial charge is 0.201 e. The molecule has 0 fully saturated rings. The molecular formula is C9H11ClN6. The summed E-state index contributed by atoms with van der Waals surface area (Å²) >= 11 is 5.71. The fourth-order valence-corrected chi connectivity index (χ4v) is 1.57. The van der Waals surface area contributed by atoms with Crippen molar-refractivity contribution >= 4 is 23.0 Å². The molecule has 16 heavy (non-hydrogen) atoms. The zero-order valence-electron chi connectivity index (χ0n) is 8.90. The number of nitrogen functional groups attached to an aromatic ring is 2. The Bertz CT molecular complexity index is 547. The molecule has 0 atom stereocenters.